The molecule has 2 bridgehead atoms. The van der Waals surface area contributed by atoms with Gasteiger partial charge in [0.15, 0.2) is 6.10 Å². The molecule has 0 saturated heterocycles. The first-order valence-electron chi connectivity index (χ1n) is 25.4. The van der Waals surface area contributed by atoms with Crippen LogP contribution >= 0.6 is 15.6 Å². The molecule has 1 heterocycles. The summed E-state index contributed by atoms with van der Waals surface area (Å²) in [6.45, 7) is 2.51. The highest BCUT2D eigenvalue weighted by atomic mass is 31.2. The molecule has 406 valence electrons. The largest absolute Gasteiger partial charge is 0.472 e. The van der Waals surface area contributed by atoms with Gasteiger partial charge in [0.2, 0.25) is 0 Å². The normalized spacial score (nSPS) is 31.2. The molecule has 0 amide bonds. The topological polar surface area (TPSA) is 317 Å². The molecule has 1 aliphatic heterocycles. The summed E-state index contributed by atoms with van der Waals surface area (Å²) < 4.78 is 52.0. The van der Waals surface area contributed by atoms with E-state index < -0.39 is 120 Å². The number of hydrogen-bond acceptors (Lipinski definition) is 16. The van der Waals surface area contributed by atoms with E-state index in [9.17, 15) is 69.1 Å². The van der Waals surface area contributed by atoms with Crippen molar-refractivity contribution in [2.24, 2.45) is 11.8 Å². The maximum Gasteiger partial charge on any atom is 0.472 e. The number of carbonyl (C=O) groups excluding carboxylic acids is 2. The van der Waals surface area contributed by atoms with Gasteiger partial charge in [0.05, 0.1) is 43.5 Å². The molecule has 1 aliphatic carbocycles. The van der Waals surface area contributed by atoms with Crippen LogP contribution in [0.15, 0.2) is 48.6 Å². The molecule has 0 aromatic heterocycles. The Hall–Kier alpha value is -2.16. The Balaban J connectivity index is 2.19. The van der Waals surface area contributed by atoms with Gasteiger partial charge in [0.1, 0.15) is 31.0 Å². The fourth-order valence-corrected chi connectivity index (χ4v) is 9.91. The number of allylic oxidation sites excluding steroid dienone is 5. The van der Waals surface area contributed by atoms with Gasteiger partial charge in [-0.2, -0.15) is 0 Å². The molecule has 19 nitrogen and oxygen atoms in total. The van der Waals surface area contributed by atoms with E-state index in [2.05, 4.69) is 31.2 Å². The Kier molecular flexibility index (Phi) is 32.8. The van der Waals surface area contributed by atoms with Crippen LogP contribution in [0.25, 0.3) is 0 Å². The van der Waals surface area contributed by atoms with Crippen LogP contribution in [-0.4, -0.2) is 137 Å². The van der Waals surface area contributed by atoms with Crippen LogP contribution in [0.1, 0.15) is 162 Å². The lowest BCUT2D eigenvalue weighted by molar-refractivity contribution is -0.165. The van der Waals surface area contributed by atoms with Gasteiger partial charge in [-0.1, -0.05) is 140 Å². The van der Waals surface area contributed by atoms with Crippen LogP contribution < -0.4 is 0 Å². The predicted octanol–water partition coefficient (Wildman–Crippen LogP) is 6.44. The first-order chi connectivity index (χ1) is 33.3. The van der Waals surface area contributed by atoms with Crippen molar-refractivity contribution in [2.45, 2.75) is 223 Å². The molecule has 0 aromatic carbocycles. The molecular weight excluding hydrogens is 954 g/mol. The van der Waals surface area contributed by atoms with Gasteiger partial charge in [-0.05, 0) is 51.4 Å². The minimum atomic E-state index is -5.76. The van der Waals surface area contributed by atoms with Crippen molar-refractivity contribution in [3.8, 4) is 0 Å². The maximum absolute atomic E-state index is 13.7. The van der Waals surface area contributed by atoms with Crippen molar-refractivity contribution in [1.82, 2.24) is 0 Å². The molecule has 1 fully saturated rings. The zero-order valence-corrected chi connectivity index (χ0v) is 43.1. The molecule has 0 aromatic rings. The van der Waals surface area contributed by atoms with Crippen molar-refractivity contribution < 1.29 is 92.2 Å². The average molecular weight is 1040 g/mol. The van der Waals surface area contributed by atoms with Gasteiger partial charge >= 0.3 is 27.6 Å². The summed E-state index contributed by atoms with van der Waals surface area (Å²) in [4.78, 5) is 56.7. The van der Waals surface area contributed by atoms with Crippen molar-refractivity contribution in [1.29, 1.82) is 0 Å². The van der Waals surface area contributed by atoms with Crippen molar-refractivity contribution in [2.75, 3.05) is 13.2 Å². The summed E-state index contributed by atoms with van der Waals surface area (Å²) in [5.74, 6) is -4.76. The third-order valence-corrected chi connectivity index (χ3v) is 14.0. The summed E-state index contributed by atoms with van der Waals surface area (Å²) in [5.41, 5.74) is 0. The number of phosphoric ester groups is 2. The average Bonchev–Trinajstić information content (AvgIpc) is 3.30. The molecule has 1 unspecified atom stereocenters. The zero-order chi connectivity index (χ0) is 52.0. The summed E-state index contributed by atoms with van der Waals surface area (Å²) in [5, 5.41) is 79.5. The Morgan fingerprint density at radius 1 is 0.786 bits per heavy atom. The Labute approximate surface area is 414 Å². The number of carbonyl (C=O) groups is 2. The minimum Gasteiger partial charge on any atom is -0.461 e. The number of hydrogen-bond donors (Lipinski definition) is 10. The van der Waals surface area contributed by atoms with E-state index in [0.29, 0.717) is 12.8 Å². The first kappa shape index (κ1) is 64.0. The number of aliphatic hydroxyl groups is 7. The molecule has 0 radical (unpaired) electrons. The lowest BCUT2D eigenvalue weighted by Crippen LogP contribution is -2.56. The second-order valence-corrected chi connectivity index (χ2v) is 21.1. The molecule has 2 rings (SSSR count). The number of rotatable bonds is 27. The second-order valence-electron chi connectivity index (χ2n) is 18.5. The highest BCUT2D eigenvalue weighted by molar-refractivity contribution is 7.47. The monoisotopic (exact) mass is 1040 g/mol. The summed E-state index contributed by atoms with van der Waals surface area (Å²) in [6.07, 6.45) is 9.46. The number of ether oxygens (including phenoxy) is 2. The summed E-state index contributed by atoms with van der Waals surface area (Å²) in [6, 6.07) is 0. The van der Waals surface area contributed by atoms with Crippen LogP contribution in [0, 0.1) is 11.8 Å². The number of fused-ring (bicyclic) bond motifs is 4. The number of esters is 2. The molecule has 21 heteroatoms. The SMILES string of the molecule is CCCCC/C=C\C/C=C\CCCCCCCCCCCC(=O)O[C@@H]1COC(=O)C/C=C\C[C@H]2[C@@H](O)[C@H](O)[C@@H](O)[C@H](OP(=O)(O)OC1)[C@H](OP(=O)(O)O)[C@H](O)[C@@H](/C=C/[C@H](O)CCCCC)[C@H](O)C[C@@H]2O. The van der Waals surface area contributed by atoms with Gasteiger partial charge < -0.3 is 59.9 Å². The van der Waals surface area contributed by atoms with E-state index in [1.54, 1.807) is 0 Å². The third-order valence-electron chi connectivity index (χ3n) is 12.5. The number of cyclic esters (lactones) is 1. The van der Waals surface area contributed by atoms with E-state index in [1.165, 1.54) is 43.9 Å². The lowest BCUT2D eigenvalue weighted by atomic mass is 9.83. The van der Waals surface area contributed by atoms with Crippen LogP contribution in [0.2, 0.25) is 0 Å². The molecular formula is C49H86O19P2. The highest BCUT2D eigenvalue weighted by Gasteiger charge is 2.51. The Morgan fingerprint density at radius 2 is 1.39 bits per heavy atom. The standard InChI is InChI=1S/C49H86O19P2/c1-3-5-7-8-9-10-11-12-13-14-15-16-17-18-19-20-21-22-24-30-43(54)66-37-34-64-42(53)29-26-25-28-38-40(51)33-41(52)39(32-31-36(50)27-23-6-4-2)45(56)48(67-69(59,60)61)49(47(58)46(57)44(38)55)68-70(62,63)65-35-37/h9-10,12-13,25-26,31-32,36-41,44-52,55-58H,3-8,11,14-24,27-30,33-35H2,1-2H3,(H,62,63)(H2,59,60,61)/b10-9-,13-12-,26-25-,32-31+/t36-,37-,38-,39+,40+,41-,44-,45-,46+,47-,48-,49+/m1/s1. The number of unbranched alkanes of at least 4 members (excludes halogenated alkanes) is 14. The summed E-state index contributed by atoms with van der Waals surface area (Å²) >= 11 is 0. The quantitative estimate of drug-likeness (QED) is 0.0183. The zero-order valence-electron chi connectivity index (χ0n) is 41.3. The van der Waals surface area contributed by atoms with E-state index in [0.717, 1.165) is 83.1 Å². The van der Waals surface area contributed by atoms with E-state index in [4.69, 9.17) is 23.0 Å². The van der Waals surface area contributed by atoms with Gasteiger partial charge in [-0.3, -0.25) is 23.2 Å². The molecule has 1 saturated carbocycles. The van der Waals surface area contributed by atoms with Crippen LogP contribution in [0.5, 0.6) is 0 Å². The molecule has 70 heavy (non-hydrogen) atoms. The Bertz CT molecular complexity index is 1650. The summed E-state index contributed by atoms with van der Waals surface area (Å²) in [7, 11) is -11.4. The molecule has 0 spiro atoms. The van der Waals surface area contributed by atoms with Crippen molar-refractivity contribution in [3.63, 3.8) is 0 Å². The molecule has 2 aliphatic rings. The van der Waals surface area contributed by atoms with Gasteiger partial charge in [-0.25, -0.2) is 9.13 Å². The van der Waals surface area contributed by atoms with E-state index in [-0.39, 0.29) is 25.7 Å². The van der Waals surface area contributed by atoms with Crippen LogP contribution in [-0.2, 0) is 41.8 Å². The minimum absolute atomic E-state index is 0.0410. The van der Waals surface area contributed by atoms with Crippen molar-refractivity contribution in [3.05, 3.63) is 48.6 Å². The predicted molar refractivity (Wildman–Crippen MR) is 262 cm³/mol. The second kappa shape index (κ2) is 35.9. The van der Waals surface area contributed by atoms with E-state index in [1.807, 2.05) is 6.92 Å². The maximum atomic E-state index is 13.7. The highest BCUT2D eigenvalue weighted by Crippen LogP contribution is 2.50. The third kappa shape index (κ3) is 27.2. The van der Waals surface area contributed by atoms with E-state index >= 15 is 0 Å². The van der Waals surface area contributed by atoms with Gasteiger partial charge in [0.25, 0.3) is 0 Å². The fraction of sp³-hybridized carbons (Fsp3) is 0.796. The van der Waals surface area contributed by atoms with Crippen molar-refractivity contribution >= 4 is 27.6 Å². The van der Waals surface area contributed by atoms with Crippen LogP contribution in [0.3, 0.4) is 0 Å². The Morgan fingerprint density at radius 3 is 2.01 bits per heavy atom. The fourth-order valence-electron chi connectivity index (χ4n) is 8.38. The molecule has 10 N–H and O–H groups in total. The van der Waals surface area contributed by atoms with Gasteiger partial charge in [-0.15, -0.1) is 0 Å². The smallest absolute Gasteiger partial charge is 0.461 e. The van der Waals surface area contributed by atoms with Crippen LogP contribution in [0.4, 0.5) is 0 Å². The number of aliphatic hydroxyl groups excluding tert-OH is 7. The number of phosphoric acid groups is 2. The molecule has 13 atom stereocenters. The first-order valence-corrected chi connectivity index (χ1v) is 28.5. The lowest BCUT2D eigenvalue weighted by Gasteiger charge is -2.38. The van der Waals surface area contributed by atoms with Gasteiger partial charge in [0, 0.05) is 24.7 Å².